The van der Waals surface area contributed by atoms with E-state index in [-0.39, 0.29) is 11.5 Å². The molecule has 2 heterocycles. The number of benzene rings is 2. The summed E-state index contributed by atoms with van der Waals surface area (Å²) in [7, 11) is 0. The summed E-state index contributed by atoms with van der Waals surface area (Å²) < 4.78 is 31.7. The predicted molar refractivity (Wildman–Crippen MR) is 111 cm³/mol. The number of ether oxygens (including phenoxy) is 1. The minimum absolute atomic E-state index is 0.0610. The van der Waals surface area contributed by atoms with Crippen molar-refractivity contribution in [1.82, 2.24) is 4.57 Å². The number of piperidine rings is 1. The SMILES string of the molecule is CCn1c(-c2ccc(N3CCCC(=O)C3)cc2)c(C#N)c2ccc(OC(F)F)cc21. The number of Topliss-reactive ketones (excluding diaryl/α,β-unsaturated/α-hetero) is 1. The molecule has 0 N–H and O–H groups in total. The smallest absolute Gasteiger partial charge is 0.387 e. The average molecular weight is 409 g/mol. The van der Waals surface area contributed by atoms with Crippen LogP contribution in [0.25, 0.3) is 22.2 Å². The number of nitrogens with zero attached hydrogens (tertiary/aromatic N) is 3. The molecule has 1 aliphatic heterocycles. The number of rotatable bonds is 5. The number of halogens is 2. The molecule has 0 amide bonds. The van der Waals surface area contributed by atoms with Gasteiger partial charge >= 0.3 is 6.61 Å². The first kappa shape index (κ1) is 19.9. The number of aromatic nitrogens is 1. The van der Waals surface area contributed by atoms with Crippen molar-refractivity contribution in [3.63, 3.8) is 0 Å². The van der Waals surface area contributed by atoms with Crippen LogP contribution in [-0.2, 0) is 11.3 Å². The molecule has 5 nitrogen and oxygen atoms in total. The molecule has 1 fully saturated rings. The summed E-state index contributed by atoms with van der Waals surface area (Å²) in [4.78, 5) is 13.8. The summed E-state index contributed by atoms with van der Waals surface area (Å²) in [5.41, 5.74) is 3.74. The lowest BCUT2D eigenvalue weighted by Gasteiger charge is -2.28. The van der Waals surface area contributed by atoms with Crippen molar-refractivity contribution >= 4 is 22.4 Å². The second kappa shape index (κ2) is 8.15. The molecule has 154 valence electrons. The third-order valence-electron chi connectivity index (χ3n) is 5.45. The fourth-order valence-corrected chi connectivity index (χ4v) is 4.14. The van der Waals surface area contributed by atoms with Gasteiger partial charge in [-0.15, -0.1) is 0 Å². The van der Waals surface area contributed by atoms with E-state index < -0.39 is 6.61 Å². The highest BCUT2D eigenvalue weighted by Crippen LogP contribution is 2.36. The molecule has 0 saturated carbocycles. The van der Waals surface area contributed by atoms with Crippen LogP contribution in [0.1, 0.15) is 25.3 Å². The van der Waals surface area contributed by atoms with Crippen LogP contribution in [-0.4, -0.2) is 30.1 Å². The largest absolute Gasteiger partial charge is 0.435 e. The number of hydrogen-bond acceptors (Lipinski definition) is 4. The van der Waals surface area contributed by atoms with Crippen molar-refractivity contribution in [2.24, 2.45) is 0 Å². The van der Waals surface area contributed by atoms with E-state index in [9.17, 15) is 18.8 Å². The zero-order valence-electron chi connectivity index (χ0n) is 16.6. The van der Waals surface area contributed by atoms with Crippen molar-refractivity contribution in [2.45, 2.75) is 32.9 Å². The Labute approximate surface area is 173 Å². The van der Waals surface area contributed by atoms with E-state index in [0.717, 1.165) is 29.9 Å². The Morgan fingerprint density at radius 1 is 1.20 bits per heavy atom. The molecule has 7 heteroatoms. The number of anilines is 1. The standard InChI is InChI=1S/C23H21F2N3O2/c1-2-28-21-12-18(30-23(24)25)9-10-19(21)20(13-26)22(28)15-5-7-16(8-6-15)27-11-3-4-17(29)14-27/h5-10,12,23H,2-4,11,14H2,1H3. The molecule has 1 aromatic heterocycles. The zero-order valence-corrected chi connectivity index (χ0v) is 16.6. The van der Waals surface area contributed by atoms with Crippen LogP contribution < -0.4 is 9.64 Å². The van der Waals surface area contributed by atoms with Crippen LogP contribution >= 0.6 is 0 Å². The second-order valence-corrected chi connectivity index (χ2v) is 7.25. The molecule has 0 radical (unpaired) electrons. The van der Waals surface area contributed by atoms with E-state index in [1.54, 1.807) is 12.1 Å². The highest BCUT2D eigenvalue weighted by molar-refractivity contribution is 5.95. The maximum absolute atomic E-state index is 12.6. The molecule has 1 saturated heterocycles. The zero-order chi connectivity index (χ0) is 21.3. The minimum Gasteiger partial charge on any atom is -0.435 e. The summed E-state index contributed by atoms with van der Waals surface area (Å²) in [5.74, 6) is 0.302. The van der Waals surface area contributed by atoms with Gasteiger partial charge in [-0.1, -0.05) is 12.1 Å². The highest BCUT2D eigenvalue weighted by atomic mass is 19.3. The molecule has 1 aliphatic rings. The van der Waals surface area contributed by atoms with Crippen molar-refractivity contribution in [2.75, 3.05) is 18.0 Å². The van der Waals surface area contributed by atoms with Gasteiger partial charge in [-0.2, -0.15) is 14.0 Å². The van der Waals surface area contributed by atoms with Gasteiger partial charge in [0.2, 0.25) is 0 Å². The van der Waals surface area contributed by atoms with Gasteiger partial charge in [0.25, 0.3) is 0 Å². The monoisotopic (exact) mass is 409 g/mol. The van der Waals surface area contributed by atoms with Crippen molar-refractivity contribution in [3.8, 4) is 23.1 Å². The number of carbonyl (C=O) groups excluding carboxylic acids is 1. The van der Waals surface area contributed by atoms with Crippen LogP contribution in [0.2, 0.25) is 0 Å². The van der Waals surface area contributed by atoms with Gasteiger partial charge in [0, 0.05) is 36.7 Å². The summed E-state index contributed by atoms with van der Waals surface area (Å²) in [6.45, 7) is 0.866. The quantitative estimate of drug-likeness (QED) is 0.597. The Balaban J connectivity index is 1.77. The predicted octanol–water partition coefficient (Wildman–Crippen LogP) is 4.97. The van der Waals surface area contributed by atoms with E-state index in [2.05, 4.69) is 15.7 Å². The van der Waals surface area contributed by atoms with Gasteiger partial charge in [0.1, 0.15) is 11.8 Å². The first-order chi connectivity index (χ1) is 14.5. The number of fused-ring (bicyclic) bond motifs is 1. The van der Waals surface area contributed by atoms with Crippen molar-refractivity contribution in [3.05, 3.63) is 48.0 Å². The molecular weight excluding hydrogens is 388 g/mol. The first-order valence-corrected chi connectivity index (χ1v) is 9.90. The maximum Gasteiger partial charge on any atom is 0.387 e. The Morgan fingerprint density at radius 2 is 1.97 bits per heavy atom. The number of ketones is 1. The minimum atomic E-state index is -2.91. The summed E-state index contributed by atoms with van der Waals surface area (Å²) in [6.07, 6.45) is 1.49. The van der Waals surface area contributed by atoms with Gasteiger partial charge in [0.05, 0.1) is 23.3 Å². The molecule has 2 aromatic carbocycles. The lowest BCUT2D eigenvalue weighted by Crippen LogP contribution is -2.35. The van der Waals surface area contributed by atoms with Gasteiger partial charge < -0.3 is 14.2 Å². The molecule has 0 unspecified atom stereocenters. The van der Waals surface area contributed by atoms with E-state index in [1.165, 1.54) is 6.07 Å². The Kier molecular flexibility index (Phi) is 5.40. The molecule has 4 rings (SSSR count). The Hall–Kier alpha value is -3.40. The first-order valence-electron chi connectivity index (χ1n) is 9.90. The van der Waals surface area contributed by atoms with Crippen LogP contribution in [0.15, 0.2) is 42.5 Å². The van der Waals surface area contributed by atoms with Crippen molar-refractivity contribution < 1.29 is 18.3 Å². The van der Waals surface area contributed by atoms with E-state index >= 15 is 0 Å². The van der Waals surface area contributed by atoms with E-state index in [4.69, 9.17) is 0 Å². The maximum atomic E-state index is 12.6. The molecule has 3 aromatic rings. The van der Waals surface area contributed by atoms with E-state index in [0.29, 0.717) is 36.0 Å². The normalized spacial score (nSPS) is 14.4. The van der Waals surface area contributed by atoms with Crippen molar-refractivity contribution in [1.29, 1.82) is 5.26 Å². The third kappa shape index (κ3) is 3.61. The number of carbonyl (C=O) groups is 1. The highest BCUT2D eigenvalue weighted by Gasteiger charge is 2.21. The number of hydrogen-bond donors (Lipinski definition) is 0. The lowest BCUT2D eigenvalue weighted by atomic mass is 10.0. The molecule has 0 atom stereocenters. The van der Waals surface area contributed by atoms with Crippen LogP contribution in [0, 0.1) is 11.3 Å². The second-order valence-electron chi connectivity index (χ2n) is 7.25. The van der Waals surface area contributed by atoms with Gasteiger partial charge in [-0.05, 0) is 43.2 Å². The van der Waals surface area contributed by atoms with Crippen LogP contribution in [0.3, 0.4) is 0 Å². The number of nitriles is 1. The van der Waals surface area contributed by atoms with Gasteiger partial charge in [0.15, 0.2) is 5.78 Å². The Bertz CT molecular complexity index is 1130. The summed E-state index contributed by atoms with van der Waals surface area (Å²) >= 11 is 0. The molecule has 0 spiro atoms. The Morgan fingerprint density at radius 3 is 2.60 bits per heavy atom. The van der Waals surface area contributed by atoms with Crippen LogP contribution in [0.4, 0.5) is 14.5 Å². The van der Waals surface area contributed by atoms with E-state index in [1.807, 2.05) is 35.8 Å². The third-order valence-corrected chi connectivity index (χ3v) is 5.45. The van der Waals surface area contributed by atoms with Crippen LogP contribution in [0.5, 0.6) is 5.75 Å². The average Bonchev–Trinajstić information content (AvgIpc) is 3.06. The fourth-order valence-electron chi connectivity index (χ4n) is 4.14. The van der Waals surface area contributed by atoms with Gasteiger partial charge in [-0.3, -0.25) is 4.79 Å². The molecule has 0 aliphatic carbocycles. The fraction of sp³-hybridized carbons (Fsp3) is 0.304. The van der Waals surface area contributed by atoms with Gasteiger partial charge in [-0.25, -0.2) is 0 Å². The summed E-state index contributed by atoms with van der Waals surface area (Å²) in [6, 6.07) is 14.7. The molecule has 30 heavy (non-hydrogen) atoms. The lowest BCUT2D eigenvalue weighted by molar-refractivity contribution is -0.118. The number of aryl methyl sites for hydroxylation is 1. The molecule has 0 bridgehead atoms. The summed E-state index contributed by atoms with van der Waals surface area (Å²) in [5, 5.41) is 10.5. The molecular formula is C23H21F2N3O2. The topological polar surface area (TPSA) is 58.3 Å². The number of alkyl halides is 2.